The van der Waals surface area contributed by atoms with Crippen LogP contribution in [0.2, 0.25) is 0 Å². The molecule has 14 heavy (non-hydrogen) atoms. The number of carbonyl (C=O) groups excluding carboxylic acids is 2. The minimum absolute atomic E-state index is 0.360. The first-order chi connectivity index (χ1) is 6.31. The van der Waals surface area contributed by atoms with Crippen LogP contribution in [0.25, 0.3) is 0 Å². The third-order valence-corrected chi connectivity index (χ3v) is 2.21. The Hall–Kier alpha value is -0.330. The summed E-state index contributed by atoms with van der Waals surface area (Å²) in [7, 11) is 1.26. The summed E-state index contributed by atoms with van der Waals surface area (Å²) >= 11 is 1.95. The number of esters is 2. The van der Waals surface area contributed by atoms with Crippen molar-refractivity contribution in [2.75, 3.05) is 11.5 Å². The van der Waals surface area contributed by atoms with Gasteiger partial charge in [0.1, 0.15) is 5.60 Å². The van der Waals surface area contributed by atoms with Gasteiger partial charge in [0.05, 0.1) is 7.11 Å². The SMILES string of the molecule is COC(=O)[C@@H](CI)C(=O)OC(C)(C)C. The number of hydrogen-bond donors (Lipinski definition) is 0. The Morgan fingerprint density at radius 1 is 1.29 bits per heavy atom. The second-order valence-electron chi connectivity index (χ2n) is 3.76. The summed E-state index contributed by atoms with van der Waals surface area (Å²) in [5.41, 5.74) is -0.574. The van der Waals surface area contributed by atoms with E-state index in [0.717, 1.165) is 0 Å². The van der Waals surface area contributed by atoms with Crippen LogP contribution in [0.3, 0.4) is 0 Å². The molecule has 82 valence electrons. The van der Waals surface area contributed by atoms with Gasteiger partial charge >= 0.3 is 11.9 Å². The quantitative estimate of drug-likeness (QED) is 0.343. The van der Waals surface area contributed by atoms with Crippen LogP contribution in [0, 0.1) is 5.92 Å². The van der Waals surface area contributed by atoms with Crippen LogP contribution >= 0.6 is 22.6 Å². The maximum absolute atomic E-state index is 11.5. The second kappa shape index (κ2) is 5.53. The van der Waals surface area contributed by atoms with Gasteiger partial charge in [-0.15, -0.1) is 0 Å². The highest BCUT2D eigenvalue weighted by molar-refractivity contribution is 14.1. The first-order valence-corrected chi connectivity index (χ1v) is 5.71. The highest BCUT2D eigenvalue weighted by Gasteiger charge is 2.30. The van der Waals surface area contributed by atoms with E-state index in [-0.39, 0.29) is 0 Å². The van der Waals surface area contributed by atoms with Crippen LogP contribution in [-0.2, 0) is 19.1 Å². The highest BCUT2D eigenvalue weighted by Crippen LogP contribution is 2.14. The fraction of sp³-hybridized carbons (Fsp3) is 0.778. The van der Waals surface area contributed by atoms with Gasteiger partial charge in [-0.1, -0.05) is 22.6 Å². The van der Waals surface area contributed by atoms with E-state index in [1.54, 1.807) is 20.8 Å². The van der Waals surface area contributed by atoms with Crippen molar-refractivity contribution < 1.29 is 19.1 Å². The molecule has 4 nitrogen and oxygen atoms in total. The smallest absolute Gasteiger partial charge is 0.321 e. The number of halogens is 1. The summed E-state index contributed by atoms with van der Waals surface area (Å²) in [6, 6.07) is 0. The zero-order valence-electron chi connectivity index (χ0n) is 8.80. The minimum atomic E-state index is -0.820. The molecular weight excluding hydrogens is 299 g/mol. The lowest BCUT2D eigenvalue weighted by Crippen LogP contribution is -2.34. The first kappa shape index (κ1) is 13.7. The first-order valence-electron chi connectivity index (χ1n) is 4.18. The second-order valence-corrected chi connectivity index (χ2v) is 4.64. The van der Waals surface area contributed by atoms with Crippen molar-refractivity contribution in [3.8, 4) is 0 Å². The third kappa shape index (κ3) is 4.78. The Bertz CT molecular complexity index is 219. The van der Waals surface area contributed by atoms with Crippen molar-refractivity contribution >= 4 is 34.5 Å². The highest BCUT2D eigenvalue weighted by atomic mass is 127. The molecule has 0 rings (SSSR count). The Morgan fingerprint density at radius 2 is 1.79 bits per heavy atom. The number of methoxy groups -OCH3 is 1. The minimum Gasteiger partial charge on any atom is -0.468 e. The van der Waals surface area contributed by atoms with Crippen LogP contribution in [0.1, 0.15) is 20.8 Å². The Kier molecular flexibility index (Phi) is 5.40. The van der Waals surface area contributed by atoms with Crippen molar-refractivity contribution in [3.63, 3.8) is 0 Å². The average molecular weight is 314 g/mol. The van der Waals surface area contributed by atoms with E-state index in [1.165, 1.54) is 7.11 Å². The van der Waals surface area contributed by atoms with E-state index in [0.29, 0.717) is 4.43 Å². The lowest BCUT2D eigenvalue weighted by molar-refractivity contribution is -0.166. The molecule has 0 aliphatic rings. The Labute approximate surface area is 97.5 Å². The lowest BCUT2D eigenvalue weighted by atomic mass is 10.1. The Morgan fingerprint density at radius 3 is 2.07 bits per heavy atom. The summed E-state index contributed by atoms with van der Waals surface area (Å²) in [6.45, 7) is 5.27. The number of rotatable bonds is 3. The molecule has 0 fully saturated rings. The molecule has 0 saturated carbocycles. The monoisotopic (exact) mass is 314 g/mol. The molecule has 0 N–H and O–H groups in total. The van der Waals surface area contributed by atoms with E-state index in [1.807, 2.05) is 22.6 Å². The summed E-state index contributed by atoms with van der Waals surface area (Å²) in [5, 5.41) is 0. The molecule has 0 heterocycles. The lowest BCUT2D eigenvalue weighted by Gasteiger charge is -2.21. The fourth-order valence-electron chi connectivity index (χ4n) is 0.737. The molecule has 0 aliphatic carbocycles. The maximum atomic E-state index is 11.5. The number of carbonyl (C=O) groups is 2. The van der Waals surface area contributed by atoms with Crippen molar-refractivity contribution in [2.24, 2.45) is 5.92 Å². The normalized spacial score (nSPS) is 13.2. The summed E-state index contributed by atoms with van der Waals surface area (Å²) in [6.07, 6.45) is 0. The number of ether oxygens (including phenoxy) is 2. The van der Waals surface area contributed by atoms with Gasteiger partial charge in [-0.05, 0) is 20.8 Å². The van der Waals surface area contributed by atoms with Gasteiger partial charge in [-0.2, -0.15) is 0 Å². The van der Waals surface area contributed by atoms with Gasteiger partial charge in [0, 0.05) is 4.43 Å². The predicted molar refractivity (Wildman–Crippen MR) is 60.2 cm³/mol. The molecule has 5 heteroatoms. The molecule has 1 atom stereocenters. The van der Waals surface area contributed by atoms with Crippen molar-refractivity contribution in [2.45, 2.75) is 26.4 Å². The molecule has 0 radical (unpaired) electrons. The molecule has 0 spiro atoms. The molecule has 0 unspecified atom stereocenters. The van der Waals surface area contributed by atoms with Crippen LogP contribution in [-0.4, -0.2) is 29.1 Å². The fourth-order valence-corrected chi connectivity index (χ4v) is 1.46. The largest absolute Gasteiger partial charge is 0.468 e. The van der Waals surface area contributed by atoms with Crippen molar-refractivity contribution in [3.05, 3.63) is 0 Å². The van der Waals surface area contributed by atoms with Crippen LogP contribution in [0.5, 0.6) is 0 Å². The van der Waals surface area contributed by atoms with Gasteiger partial charge in [-0.3, -0.25) is 9.59 Å². The summed E-state index contributed by atoms with van der Waals surface area (Å²) in [4.78, 5) is 22.6. The van der Waals surface area contributed by atoms with E-state index in [2.05, 4.69) is 4.74 Å². The molecule has 0 amide bonds. The predicted octanol–water partition coefficient (Wildman–Crippen LogP) is 1.55. The molecule has 0 aliphatic heterocycles. The van der Waals surface area contributed by atoms with Crippen molar-refractivity contribution in [1.29, 1.82) is 0 Å². The van der Waals surface area contributed by atoms with E-state index < -0.39 is 23.5 Å². The standard InChI is InChI=1S/C9H15IO4/c1-9(2,3)14-8(12)6(5-10)7(11)13-4/h6H,5H2,1-4H3/t6-/m1/s1. The van der Waals surface area contributed by atoms with Crippen LogP contribution < -0.4 is 0 Å². The zero-order chi connectivity index (χ0) is 11.4. The van der Waals surface area contributed by atoms with E-state index in [9.17, 15) is 9.59 Å². The maximum Gasteiger partial charge on any atom is 0.321 e. The van der Waals surface area contributed by atoms with E-state index >= 15 is 0 Å². The molecular formula is C9H15IO4. The number of hydrogen-bond acceptors (Lipinski definition) is 4. The Balaban J connectivity index is 4.40. The zero-order valence-corrected chi connectivity index (χ0v) is 11.0. The summed E-state index contributed by atoms with van der Waals surface area (Å²) in [5.74, 6) is -1.90. The van der Waals surface area contributed by atoms with Gasteiger partial charge in [-0.25, -0.2) is 0 Å². The molecule has 0 aromatic rings. The van der Waals surface area contributed by atoms with Crippen LogP contribution in [0.15, 0.2) is 0 Å². The molecule has 0 bridgehead atoms. The van der Waals surface area contributed by atoms with Gasteiger partial charge in [0.2, 0.25) is 0 Å². The number of alkyl halides is 1. The van der Waals surface area contributed by atoms with E-state index in [4.69, 9.17) is 4.74 Å². The average Bonchev–Trinajstić information content (AvgIpc) is 2.01. The van der Waals surface area contributed by atoms with Gasteiger partial charge in [0.25, 0.3) is 0 Å². The van der Waals surface area contributed by atoms with Gasteiger partial charge < -0.3 is 9.47 Å². The van der Waals surface area contributed by atoms with Crippen molar-refractivity contribution in [1.82, 2.24) is 0 Å². The molecule has 0 saturated heterocycles. The molecule has 0 aromatic carbocycles. The topological polar surface area (TPSA) is 52.6 Å². The molecule has 0 aromatic heterocycles. The third-order valence-electron chi connectivity index (χ3n) is 1.33. The van der Waals surface area contributed by atoms with Gasteiger partial charge in [0.15, 0.2) is 5.92 Å². The van der Waals surface area contributed by atoms with Crippen LogP contribution in [0.4, 0.5) is 0 Å². The summed E-state index contributed by atoms with van der Waals surface area (Å²) < 4.78 is 9.92.